The van der Waals surface area contributed by atoms with Crippen molar-refractivity contribution in [2.75, 3.05) is 7.05 Å². The summed E-state index contributed by atoms with van der Waals surface area (Å²) in [5.41, 5.74) is 0.780. The third kappa shape index (κ3) is 2.06. The third-order valence-corrected chi connectivity index (χ3v) is 2.95. The first kappa shape index (κ1) is 10.7. The Labute approximate surface area is 95.3 Å². The van der Waals surface area contributed by atoms with Gasteiger partial charge in [-0.3, -0.25) is 4.79 Å². The van der Waals surface area contributed by atoms with Crippen LogP contribution in [0.5, 0.6) is 0 Å². The number of carbonyl (C=O) groups is 1. The topological polar surface area (TPSA) is 44.1 Å². The van der Waals surface area contributed by atoms with Crippen molar-refractivity contribution in [3.05, 3.63) is 35.9 Å². The second-order valence-corrected chi connectivity index (χ2v) is 4.15. The normalized spacial score (nSPS) is 16.2. The van der Waals surface area contributed by atoms with E-state index in [4.69, 9.17) is 5.26 Å². The Bertz CT molecular complexity index is 417. The highest BCUT2D eigenvalue weighted by Gasteiger charge is 2.33. The summed E-state index contributed by atoms with van der Waals surface area (Å²) in [6, 6.07) is 11.7. The molecule has 0 spiro atoms. The molecule has 1 aliphatic carbocycles. The Morgan fingerprint density at radius 3 is 2.56 bits per heavy atom. The van der Waals surface area contributed by atoms with Gasteiger partial charge in [-0.15, -0.1) is 0 Å². The van der Waals surface area contributed by atoms with Crippen molar-refractivity contribution in [3.63, 3.8) is 0 Å². The Morgan fingerprint density at radius 2 is 2.06 bits per heavy atom. The molecule has 0 aliphatic heterocycles. The van der Waals surface area contributed by atoms with Crippen molar-refractivity contribution in [1.82, 2.24) is 4.90 Å². The van der Waals surface area contributed by atoms with E-state index in [1.54, 1.807) is 11.9 Å². The number of likely N-dealkylation sites (N-methyl/N-ethyl adjacent to an activating group) is 1. The van der Waals surface area contributed by atoms with Gasteiger partial charge in [0.05, 0.1) is 6.07 Å². The van der Waals surface area contributed by atoms with Crippen molar-refractivity contribution in [3.8, 4) is 6.07 Å². The van der Waals surface area contributed by atoms with Crippen LogP contribution in [0.25, 0.3) is 0 Å². The number of nitriles is 1. The molecule has 0 heterocycles. The molecule has 1 fully saturated rings. The van der Waals surface area contributed by atoms with E-state index in [1.165, 1.54) is 0 Å². The van der Waals surface area contributed by atoms with E-state index >= 15 is 0 Å². The molecule has 3 nitrogen and oxygen atoms in total. The van der Waals surface area contributed by atoms with E-state index < -0.39 is 5.92 Å². The zero-order valence-electron chi connectivity index (χ0n) is 9.26. The lowest BCUT2D eigenvalue weighted by atomic mass is 9.99. The summed E-state index contributed by atoms with van der Waals surface area (Å²) in [6.45, 7) is 0. The fraction of sp³-hybridized carbons (Fsp3) is 0.385. The van der Waals surface area contributed by atoms with Crippen molar-refractivity contribution < 1.29 is 4.79 Å². The minimum Gasteiger partial charge on any atom is -0.341 e. The summed E-state index contributed by atoms with van der Waals surface area (Å²) < 4.78 is 0. The first-order valence-corrected chi connectivity index (χ1v) is 5.45. The van der Waals surface area contributed by atoms with Crippen molar-refractivity contribution >= 4 is 5.91 Å². The average Bonchev–Trinajstić information content (AvgIpc) is 3.14. The summed E-state index contributed by atoms with van der Waals surface area (Å²) in [6.07, 6.45) is 2.13. The van der Waals surface area contributed by atoms with Gasteiger partial charge in [-0.05, 0) is 18.4 Å². The standard InChI is InChI=1S/C13H14N2O/c1-15(11-7-8-11)13(16)12(9-14)10-5-3-2-4-6-10/h2-6,11-12H,7-8H2,1H3. The van der Waals surface area contributed by atoms with Gasteiger partial charge in [0, 0.05) is 13.1 Å². The summed E-state index contributed by atoms with van der Waals surface area (Å²) in [5.74, 6) is -0.747. The number of amides is 1. The largest absolute Gasteiger partial charge is 0.341 e. The van der Waals surface area contributed by atoms with Crippen LogP contribution in [-0.4, -0.2) is 23.9 Å². The molecule has 1 aliphatic rings. The molecule has 3 heteroatoms. The molecule has 1 atom stereocenters. The fourth-order valence-corrected chi connectivity index (χ4v) is 1.76. The van der Waals surface area contributed by atoms with Crippen molar-refractivity contribution in [1.29, 1.82) is 5.26 Å². The zero-order chi connectivity index (χ0) is 11.5. The van der Waals surface area contributed by atoms with E-state index in [2.05, 4.69) is 6.07 Å². The Balaban J connectivity index is 2.17. The molecule has 0 bridgehead atoms. The number of hydrogen-bond donors (Lipinski definition) is 0. The van der Waals surface area contributed by atoms with Crippen LogP contribution in [0.1, 0.15) is 24.3 Å². The second kappa shape index (κ2) is 4.36. The number of benzene rings is 1. The van der Waals surface area contributed by atoms with Crippen LogP contribution in [0.2, 0.25) is 0 Å². The van der Waals surface area contributed by atoms with Gasteiger partial charge >= 0.3 is 0 Å². The lowest BCUT2D eigenvalue weighted by molar-refractivity contribution is -0.130. The number of nitrogens with zero attached hydrogens (tertiary/aromatic N) is 2. The quantitative estimate of drug-likeness (QED) is 0.771. The Morgan fingerprint density at radius 1 is 1.44 bits per heavy atom. The van der Waals surface area contributed by atoms with E-state index in [9.17, 15) is 4.79 Å². The van der Waals surface area contributed by atoms with Gasteiger partial charge in [-0.1, -0.05) is 30.3 Å². The maximum atomic E-state index is 12.1. The summed E-state index contributed by atoms with van der Waals surface area (Å²) >= 11 is 0. The number of hydrogen-bond acceptors (Lipinski definition) is 2. The van der Waals surface area contributed by atoms with Crippen LogP contribution in [0, 0.1) is 11.3 Å². The monoisotopic (exact) mass is 214 g/mol. The van der Waals surface area contributed by atoms with E-state index in [1.807, 2.05) is 30.3 Å². The van der Waals surface area contributed by atoms with Crippen LogP contribution in [-0.2, 0) is 4.79 Å². The molecule has 0 N–H and O–H groups in total. The van der Waals surface area contributed by atoms with E-state index in [-0.39, 0.29) is 5.91 Å². The predicted molar refractivity (Wildman–Crippen MR) is 60.6 cm³/mol. The van der Waals surface area contributed by atoms with E-state index in [0.717, 1.165) is 18.4 Å². The summed E-state index contributed by atoms with van der Waals surface area (Å²) in [5, 5.41) is 9.10. The van der Waals surface area contributed by atoms with Crippen molar-refractivity contribution in [2.24, 2.45) is 0 Å². The number of rotatable bonds is 3. The number of carbonyl (C=O) groups excluding carboxylic acids is 1. The Kier molecular flexibility index (Phi) is 2.91. The van der Waals surface area contributed by atoms with Gasteiger partial charge in [0.15, 0.2) is 0 Å². The summed E-state index contributed by atoms with van der Waals surface area (Å²) in [7, 11) is 1.78. The zero-order valence-corrected chi connectivity index (χ0v) is 9.26. The SMILES string of the molecule is CN(C(=O)C(C#N)c1ccccc1)C1CC1. The van der Waals surface area contributed by atoms with Crippen LogP contribution < -0.4 is 0 Å². The minimum absolute atomic E-state index is 0.0869. The van der Waals surface area contributed by atoms with Gasteiger partial charge in [0.25, 0.3) is 0 Å². The van der Waals surface area contributed by atoms with Gasteiger partial charge in [0.2, 0.25) is 5.91 Å². The molecule has 1 aromatic carbocycles. The van der Waals surface area contributed by atoms with Gasteiger partial charge < -0.3 is 4.90 Å². The molecular weight excluding hydrogens is 200 g/mol. The molecule has 82 valence electrons. The highest BCUT2D eigenvalue weighted by atomic mass is 16.2. The van der Waals surface area contributed by atoms with Crippen LogP contribution in [0.15, 0.2) is 30.3 Å². The first-order chi connectivity index (χ1) is 7.74. The van der Waals surface area contributed by atoms with Crippen molar-refractivity contribution in [2.45, 2.75) is 24.8 Å². The summed E-state index contributed by atoms with van der Waals surface area (Å²) in [4.78, 5) is 13.8. The maximum absolute atomic E-state index is 12.1. The molecule has 2 rings (SSSR count). The highest BCUT2D eigenvalue weighted by Crippen LogP contribution is 2.28. The molecule has 0 aromatic heterocycles. The molecule has 1 unspecified atom stereocenters. The predicted octanol–water partition coefficient (Wildman–Crippen LogP) is 1.91. The first-order valence-electron chi connectivity index (χ1n) is 5.45. The lowest BCUT2D eigenvalue weighted by Crippen LogP contribution is -2.32. The second-order valence-electron chi connectivity index (χ2n) is 4.15. The molecule has 1 saturated carbocycles. The fourth-order valence-electron chi connectivity index (χ4n) is 1.76. The van der Waals surface area contributed by atoms with Crippen LogP contribution in [0.4, 0.5) is 0 Å². The molecule has 0 saturated heterocycles. The van der Waals surface area contributed by atoms with Crippen LogP contribution >= 0.6 is 0 Å². The minimum atomic E-state index is -0.660. The molecule has 16 heavy (non-hydrogen) atoms. The van der Waals surface area contributed by atoms with Gasteiger partial charge in [0.1, 0.15) is 5.92 Å². The molecule has 0 radical (unpaired) electrons. The smallest absolute Gasteiger partial charge is 0.244 e. The van der Waals surface area contributed by atoms with Crippen LogP contribution in [0.3, 0.4) is 0 Å². The maximum Gasteiger partial charge on any atom is 0.244 e. The van der Waals surface area contributed by atoms with E-state index in [0.29, 0.717) is 6.04 Å². The lowest BCUT2D eigenvalue weighted by Gasteiger charge is -2.19. The molecule has 1 amide bonds. The Hall–Kier alpha value is -1.82. The average molecular weight is 214 g/mol. The highest BCUT2D eigenvalue weighted by molar-refractivity contribution is 5.86. The van der Waals surface area contributed by atoms with Gasteiger partial charge in [-0.2, -0.15) is 5.26 Å². The van der Waals surface area contributed by atoms with Gasteiger partial charge in [-0.25, -0.2) is 0 Å². The molecule has 1 aromatic rings. The third-order valence-electron chi connectivity index (χ3n) is 2.95. The molecular formula is C13H14N2O.